The first-order chi connectivity index (χ1) is 12.1. The van der Waals surface area contributed by atoms with E-state index in [0.29, 0.717) is 21.4 Å². The molecule has 1 N–H and O–H groups in total. The normalized spacial score (nSPS) is 11.7. The number of carbonyl (C=O) groups is 1. The van der Waals surface area contributed by atoms with Gasteiger partial charge in [0.2, 0.25) is 11.1 Å². The molecule has 1 aromatic carbocycles. The Labute approximate surface area is 150 Å². The van der Waals surface area contributed by atoms with E-state index >= 15 is 0 Å². The molecular formula is C15H11FN6OS2. The maximum Gasteiger partial charge on any atom is 0.238 e. The molecule has 0 bridgehead atoms. The summed E-state index contributed by atoms with van der Waals surface area (Å²) in [5, 5.41) is 25.1. The predicted octanol–water partition coefficient (Wildman–Crippen LogP) is 2.85. The van der Waals surface area contributed by atoms with Crippen molar-refractivity contribution >= 4 is 34.0 Å². The molecule has 25 heavy (non-hydrogen) atoms. The Bertz CT molecular complexity index is 947. The quantitative estimate of drug-likeness (QED) is 0.690. The number of halogens is 1. The third-order valence-electron chi connectivity index (χ3n) is 3.17. The summed E-state index contributed by atoms with van der Waals surface area (Å²) >= 11 is 2.41. The molecule has 126 valence electrons. The summed E-state index contributed by atoms with van der Waals surface area (Å²) in [6.07, 6.45) is 0. The van der Waals surface area contributed by atoms with Gasteiger partial charge >= 0.3 is 0 Å². The second kappa shape index (κ2) is 7.42. The maximum absolute atomic E-state index is 13.4. The van der Waals surface area contributed by atoms with Gasteiger partial charge in [-0.15, -0.1) is 16.4 Å². The Morgan fingerprint density at radius 3 is 3.08 bits per heavy atom. The van der Waals surface area contributed by atoms with Crippen LogP contribution in [0.25, 0.3) is 5.69 Å². The monoisotopic (exact) mass is 374 g/mol. The van der Waals surface area contributed by atoms with Gasteiger partial charge in [0, 0.05) is 0 Å². The summed E-state index contributed by atoms with van der Waals surface area (Å²) in [5.74, 6) is -0.686. The van der Waals surface area contributed by atoms with E-state index in [2.05, 4.69) is 20.8 Å². The molecular weight excluding hydrogens is 363 g/mol. The molecule has 0 radical (unpaired) electrons. The first-order valence-corrected chi connectivity index (χ1v) is 8.84. The fourth-order valence-corrected chi connectivity index (χ4v) is 3.49. The van der Waals surface area contributed by atoms with Crippen LogP contribution >= 0.6 is 23.1 Å². The lowest BCUT2D eigenvalue weighted by Gasteiger charge is -2.11. The number of tetrazole rings is 1. The lowest BCUT2D eigenvalue weighted by atomic mass is 10.3. The maximum atomic E-state index is 13.4. The number of thioether (sulfide) groups is 1. The minimum absolute atomic E-state index is 0.280. The highest BCUT2D eigenvalue weighted by Crippen LogP contribution is 2.26. The van der Waals surface area contributed by atoms with Gasteiger partial charge in [0.15, 0.2) is 0 Å². The summed E-state index contributed by atoms with van der Waals surface area (Å²) < 4.78 is 14.8. The molecule has 0 spiro atoms. The van der Waals surface area contributed by atoms with E-state index in [-0.39, 0.29) is 5.91 Å². The minimum atomic E-state index is -0.521. The molecule has 7 nitrogen and oxygen atoms in total. The molecule has 0 aliphatic rings. The van der Waals surface area contributed by atoms with Crippen molar-refractivity contribution in [1.29, 1.82) is 5.26 Å². The van der Waals surface area contributed by atoms with Crippen LogP contribution in [0.15, 0.2) is 40.9 Å². The van der Waals surface area contributed by atoms with Crippen LogP contribution in [0.4, 0.5) is 9.39 Å². The van der Waals surface area contributed by atoms with Gasteiger partial charge in [-0.3, -0.25) is 4.79 Å². The molecule has 0 fully saturated rings. The average Bonchev–Trinajstić information content (AvgIpc) is 3.23. The number of benzene rings is 1. The van der Waals surface area contributed by atoms with Crippen molar-refractivity contribution in [1.82, 2.24) is 20.2 Å². The van der Waals surface area contributed by atoms with Gasteiger partial charge in [-0.2, -0.15) is 9.94 Å². The highest BCUT2D eigenvalue weighted by molar-refractivity contribution is 8.00. The molecule has 0 saturated heterocycles. The van der Waals surface area contributed by atoms with Crippen LogP contribution in [0, 0.1) is 17.1 Å². The number of thiophene rings is 1. The zero-order valence-electron chi connectivity index (χ0n) is 12.9. The van der Waals surface area contributed by atoms with Gasteiger partial charge in [-0.25, -0.2) is 4.39 Å². The van der Waals surface area contributed by atoms with Crippen LogP contribution in [0.5, 0.6) is 0 Å². The van der Waals surface area contributed by atoms with E-state index in [1.54, 1.807) is 30.5 Å². The summed E-state index contributed by atoms with van der Waals surface area (Å²) in [6.45, 7) is 1.70. The average molecular weight is 374 g/mol. The second-order valence-corrected chi connectivity index (χ2v) is 7.10. The van der Waals surface area contributed by atoms with Gasteiger partial charge in [0.05, 0.1) is 16.5 Å². The number of hydrogen-bond acceptors (Lipinski definition) is 7. The van der Waals surface area contributed by atoms with Crippen LogP contribution in [-0.4, -0.2) is 31.4 Å². The summed E-state index contributed by atoms with van der Waals surface area (Å²) in [5.41, 5.74) is 0.880. The topological polar surface area (TPSA) is 96.5 Å². The van der Waals surface area contributed by atoms with Crippen molar-refractivity contribution in [2.45, 2.75) is 17.3 Å². The van der Waals surface area contributed by atoms with Crippen LogP contribution < -0.4 is 5.32 Å². The van der Waals surface area contributed by atoms with Crippen molar-refractivity contribution in [3.63, 3.8) is 0 Å². The molecule has 0 aliphatic heterocycles. The lowest BCUT2D eigenvalue weighted by Crippen LogP contribution is -2.22. The Balaban J connectivity index is 1.74. The summed E-state index contributed by atoms with van der Waals surface area (Å²) in [6, 6.07) is 9.50. The highest BCUT2D eigenvalue weighted by atomic mass is 32.2. The third-order valence-corrected chi connectivity index (χ3v) is 5.03. The Morgan fingerprint density at radius 2 is 2.32 bits per heavy atom. The number of nitrogens with zero attached hydrogens (tertiary/aromatic N) is 5. The number of rotatable bonds is 5. The molecule has 3 rings (SSSR count). The van der Waals surface area contributed by atoms with E-state index in [0.717, 1.165) is 11.8 Å². The fourth-order valence-electron chi connectivity index (χ4n) is 1.94. The molecule has 1 atom stereocenters. The van der Waals surface area contributed by atoms with Crippen molar-refractivity contribution in [2.24, 2.45) is 0 Å². The third kappa shape index (κ3) is 3.84. The van der Waals surface area contributed by atoms with Crippen LogP contribution in [-0.2, 0) is 4.79 Å². The molecule has 0 saturated carbocycles. The van der Waals surface area contributed by atoms with E-state index in [1.165, 1.54) is 28.2 Å². The van der Waals surface area contributed by atoms with Crippen molar-refractivity contribution in [3.05, 3.63) is 47.1 Å². The SMILES string of the molecule is CC(Sc1nnnn1-c1cccc(F)c1)C(=O)Nc1sccc1C#N. The number of nitriles is 1. The van der Waals surface area contributed by atoms with Crippen LogP contribution in [0.2, 0.25) is 0 Å². The van der Waals surface area contributed by atoms with E-state index < -0.39 is 11.1 Å². The largest absolute Gasteiger partial charge is 0.316 e. The van der Waals surface area contributed by atoms with E-state index in [9.17, 15) is 9.18 Å². The molecule has 2 aromatic heterocycles. The van der Waals surface area contributed by atoms with Crippen molar-refractivity contribution in [3.8, 4) is 11.8 Å². The Kier molecular flexibility index (Phi) is 5.06. The van der Waals surface area contributed by atoms with E-state index in [1.807, 2.05) is 6.07 Å². The van der Waals surface area contributed by atoms with Crippen molar-refractivity contribution in [2.75, 3.05) is 5.32 Å². The van der Waals surface area contributed by atoms with E-state index in [4.69, 9.17) is 5.26 Å². The molecule has 1 unspecified atom stereocenters. The first-order valence-electron chi connectivity index (χ1n) is 7.08. The Hall–Kier alpha value is -2.77. The zero-order chi connectivity index (χ0) is 17.8. The highest BCUT2D eigenvalue weighted by Gasteiger charge is 2.20. The smallest absolute Gasteiger partial charge is 0.238 e. The van der Waals surface area contributed by atoms with Gasteiger partial charge in [-0.05, 0) is 47.0 Å². The lowest BCUT2D eigenvalue weighted by molar-refractivity contribution is -0.115. The summed E-state index contributed by atoms with van der Waals surface area (Å²) in [7, 11) is 0. The molecule has 1 amide bonds. The predicted molar refractivity (Wildman–Crippen MR) is 92.1 cm³/mol. The number of carbonyl (C=O) groups excluding carboxylic acids is 1. The van der Waals surface area contributed by atoms with Gasteiger partial charge < -0.3 is 5.32 Å². The Morgan fingerprint density at radius 1 is 1.48 bits per heavy atom. The number of hydrogen-bond donors (Lipinski definition) is 1. The number of anilines is 1. The molecule has 10 heteroatoms. The first kappa shape index (κ1) is 17.1. The van der Waals surface area contributed by atoms with Crippen LogP contribution in [0.1, 0.15) is 12.5 Å². The minimum Gasteiger partial charge on any atom is -0.316 e. The summed E-state index contributed by atoms with van der Waals surface area (Å²) in [4.78, 5) is 12.3. The second-order valence-electron chi connectivity index (χ2n) is 4.88. The standard InChI is InChI=1S/C15H11FN6OS2/c1-9(13(23)18-14-10(8-17)5-6-24-14)25-15-19-20-21-22(15)12-4-2-3-11(16)7-12/h2-7,9H,1H3,(H,18,23). The van der Waals surface area contributed by atoms with Gasteiger partial charge in [0.25, 0.3) is 0 Å². The van der Waals surface area contributed by atoms with Crippen LogP contribution in [0.3, 0.4) is 0 Å². The van der Waals surface area contributed by atoms with Gasteiger partial charge in [0.1, 0.15) is 16.9 Å². The number of aromatic nitrogens is 4. The number of amides is 1. The van der Waals surface area contributed by atoms with Crippen molar-refractivity contribution < 1.29 is 9.18 Å². The zero-order valence-corrected chi connectivity index (χ0v) is 14.5. The number of nitrogens with one attached hydrogen (secondary N) is 1. The van der Waals surface area contributed by atoms with Gasteiger partial charge in [-0.1, -0.05) is 17.8 Å². The molecule has 3 aromatic rings. The molecule has 2 heterocycles. The molecule has 0 aliphatic carbocycles. The fraction of sp³-hybridized carbons (Fsp3) is 0.133.